The van der Waals surface area contributed by atoms with Crippen molar-refractivity contribution in [3.8, 4) is 5.75 Å². The molecular weight excluding hydrogens is 404 g/mol. The van der Waals surface area contributed by atoms with Gasteiger partial charge in [0.1, 0.15) is 11.6 Å². The molecule has 4 rings (SSSR count). The highest BCUT2D eigenvalue weighted by molar-refractivity contribution is 5.76. The van der Waals surface area contributed by atoms with Crippen molar-refractivity contribution in [1.82, 2.24) is 19.9 Å². The van der Waals surface area contributed by atoms with Crippen molar-refractivity contribution in [3.63, 3.8) is 0 Å². The number of hydrogen-bond acceptors (Lipinski definition) is 5. The smallest absolute Gasteiger partial charge is 0.263 e. The van der Waals surface area contributed by atoms with E-state index in [1.165, 1.54) is 0 Å². The number of nitrogens with zero attached hydrogens (tertiary/aromatic N) is 3. The summed E-state index contributed by atoms with van der Waals surface area (Å²) in [5.41, 5.74) is 2.19. The van der Waals surface area contributed by atoms with E-state index in [9.17, 15) is 9.59 Å². The van der Waals surface area contributed by atoms with Crippen LogP contribution in [0.1, 0.15) is 23.4 Å². The third-order valence-electron chi connectivity index (χ3n) is 5.22. The average molecular weight is 428 g/mol. The molecule has 0 saturated heterocycles. The van der Waals surface area contributed by atoms with Crippen LogP contribution in [-0.4, -0.2) is 27.6 Å². The summed E-state index contributed by atoms with van der Waals surface area (Å²) < 4.78 is 6.83. The third kappa shape index (κ3) is 5.00. The highest BCUT2D eigenvalue weighted by Crippen LogP contribution is 2.14. The molecule has 2 aromatic heterocycles. The highest BCUT2D eigenvalue weighted by Gasteiger charge is 2.14. The van der Waals surface area contributed by atoms with Crippen molar-refractivity contribution >= 4 is 16.9 Å². The lowest BCUT2D eigenvalue weighted by atomic mass is 10.2. The average Bonchev–Trinajstić information content (AvgIpc) is 2.84. The number of rotatable bonds is 8. The van der Waals surface area contributed by atoms with Gasteiger partial charge in [0, 0.05) is 25.6 Å². The van der Waals surface area contributed by atoms with Crippen molar-refractivity contribution in [2.75, 3.05) is 7.11 Å². The van der Waals surface area contributed by atoms with Crippen molar-refractivity contribution in [2.24, 2.45) is 0 Å². The summed E-state index contributed by atoms with van der Waals surface area (Å²) in [6, 6.07) is 20.7. The van der Waals surface area contributed by atoms with Gasteiger partial charge in [0.15, 0.2) is 5.65 Å². The Kier molecular flexibility index (Phi) is 6.55. The molecule has 1 N–H and O–H groups in total. The molecule has 0 aliphatic carbocycles. The first kappa shape index (κ1) is 21.2. The summed E-state index contributed by atoms with van der Waals surface area (Å²) in [5, 5.41) is 3.38. The zero-order valence-electron chi connectivity index (χ0n) is 17.8. The fourth-order valence-electron chi connectivity index (χ4n) is 3.48. The molecule has 162 valence electrons. The summed E-state index contributed by atoms with van der Waals surface area (Å²) in [5.74, 6) is 1.18. The molecule has 0 fully saturated rings. The van der Waals surface area contributed by atoms with Gasteiger partial charge < -0.3 is 10.1 Å². The topological polar surface area (TPSA) is 86.1 Å². The van der Waals surface area contributed by atoms with Crippen LogP contribution in [0.15, 0.2) is 77.7 Å². The number of carbonyl (C=O) groups is 1. The SMILES string of the molecule is COc1ccc(Cn2c(CCC(=O)NCc3ccccc3)nc3ncccc3c2=O)cc1. The van der Waals surface area contributed by atoms with E-state index in [2.05, 4.69) is 15.3 Å². The zero-order valence-corrected chi connectivity index (χ0v) is 17.8. The van der Waals surface area contributed by atoms with Crippen LogP contribution < -0.4 is 15.6 Å². The molecule has 0 unspecified atom stereocenters. The molecule has 7 heteroatoms. The predicted octanol–water partition coefficient (Wildman–Crippen LogP) is 3.10. The highest BCUT2D eigenvalue weighted by atomic mass is 16.5. The molecule has 0 atom stereocenters. The van der Waals surface area contributed by atoms with Gasteiger partial charge in [-0.25, -0.2) is 9.97 Å². The van der Waals surface area contributed by atoms with Crippen molar-refractivity contribution in [2.45, 2.75) is 25.9 Å². The Hall–Kier alpha value is -4.00. The predicted molar refractivity (Wildman–Crippen MR) is 123 cm³/mol. The molecule has 0 spiro atoms. The molecule has 0 radical (unpaired) electrons. The summed E-state index contributed by atoms with van der Waals surface area (Å²) in [6.07, 6.45) is 2.16. The maximum absolute atomic E-state index is 13.2. The second kappa shape index (κ2) is 9.87. The Labute approximate surface area is 185 Å². The number of carbonyl (C=O) groups excluding carboxylic acids is 1. The van der Waals surface area contributed by atoms with Crippen LogP contribution in [0.4, 0.5) is 0 Å². The van der Waals surface area contributed by atoms with Gasteiger partial charge in [-0.1, -0.05) is 42.5 Å². The van der Waals surface area contributed by atoms with E-state index < -0.39 is 0 Å². The van der Waals surface area contributed by atoms with Gasteiger partial charge in [-0.2, -0.15) is 0 Å². The Bertz CT molecular complexity index is 1270. The number of fused-ring (bicyclic) bond motifs is 1. The lowest BCUT2D eigenvalue weighted by Gasteiger charge is -2.14. The summed E-state index contributed by atoms with van der Waals surface area (Å²) in [6.45, 7) is 0.812. The molecule has 0 bridgehead atoms. The van der Waals surface area contributed by atoms with Gasteiger partial charge in [0.2, 0.25) is 5.91 Å². The Morgan fingerprint density at radius 1 is 1.00 bits per heavy atom. The number of benzene rings is 2. The van der Waals surface area contributed by atoms with Crippen molar-refractivity contribution < 1.29 is 9.53 Å². The van der Waals surface area contributed by atoms with Crippen molar-refractivity contribution in [1.29, 1.82) is 0 Å². The van der Waals surface area contributed by atoms with Gasteiger partial charge in [-0.15, -0.1) is 0 Å². The quantitative estimate of drug-likeness (QED) is 0.466. The largest absolute Gasteiger partial charge is 0.497 e. The fourth-order valence-corrected chi connectivity index (χ4v) is 3.48. The van der Waals surface area contributed by atoms with Crippen LogP contribution in [0.3, 0.4) is 0 Å². The molecule has 2 aromatic carbocycles. The number of nitrogens with one attached hydrogen (secondary N) is 1. The minimum Gasteiger partial charge on any atom is -0.497 e. The molecule has 0 aliphatic rings. The third-order valence-corrected chi connectivity index (χ3v) is 5.22. The number of aryl methyl sites for hydroxylation is 1. The number of ether oxygens (including phenoxy) is 1. The molecule has 1 amide bonds. The zero-order chi connectivity index (χ0) is 22.3. The first-order chi connectivity index (χ1) is 15.6. The molecule has 2 heterocycles. The lowest BCUT2D eigenvalue weighted by Crippen LogP contribution is -2.28. The van der Waals surface area contributed by atoms with E-state index >= 15 is 0 Å². The normalized spacial score (nSPS) is 10.8. The van der Waals surface area contributed by atoms with Gasteiger partial charge >= 0.3 is 0 Å². The number of pyridine rings is 1. The summed E-state index contributed by atoms with van der Waals surface area (Å²) in [4.78, 5) is 34.5. The molecule has 0 aliphatic heterocycles. The fraction of sp³-hybridized carbons (Fsp3) is 0.200. The monoisotopic (exact) mass is 428 g/mol. The Morgan fingerprint density at radius 2 is 1.78 bits per heavy atom. The summed E-state index contributed by atoms with van der Waals surface area (Å²) in [7, 11) is 1.61. The number of aromatic nitrogens is 3. The molecule has 7 nitrogen and oxygen atoms in total. The van der Waals surface area contributed by atoms with E-state index in [1.54, 1.807) is 30.0 Å². The van der Waals surface area contributed by atoms with Gasteiger partial charge in [-0.05, 0) is 35.4 Å². The lowest BCUT2D eigenvalue weighted by molar-refractivity contribution is -0.121. The molecular formula is C25H24N4O3. The van der Waals surface area contributed by atoms with Gasteiger partial charge in [-0.3, -0.25) is 14.2 Å². The molecule has 32 heavy (non-hydrogen) atoms. The second-order valence-corrected chi connectivity index (χ2v) is 7.40. The van der Waals surface area contributed by atoms with E-state index in [0.717, 1.165) is 16.9 Å². The van der Waals surface area contributed by atoms with Crippen LogP contribution in [0.25, 0.3) is 11.0 Å². The van der Waals surface area contributed by atoms with Crippen molar-refractivity contribution in [3.05, 3.63) is 100 Å². The number of amides is 1. The van der Waals surface area contributed by atoms with Crippen LogP contribution in [0.2, 0.25) is 0 Å². The number of hydrogen-bond donors (Lipinski definition) is 1. The Morgan fingerprint density at radius 3 is 2.53 bits per heavy atom. The maximum Gasteiger partial charge on any atom is 0.263 e. The van der Waals surface area contributed by atoms with Gasteiger partial charge in [0.25, 0.3) is 5.56 Å². The minimum absolute atomic E-state index is 0.0970. The Balaban J connectivity index is 1.55. The number of methoxy groups -OCH3 is 1. The van der Waals surface area contributed by atoms with Crippen LogP contribution in [0.5, 0.6) is 5.75 Å². The summed E-state index contributed by atoms with van der Waals surface area (Å²) >= 11 is 0. The molecule has 4 aromatic rings. The van der Waals surface area contributed by atoms with E-state index in [0.29, 0.717) is 36.4 Å². The van der Waals surface area contributed by atoms with E-state index in [1.807, 2.05) is 54.6 Å². The van der Waals surface area contributed by atoms with Crippen LogP contribution in [0, 0.1) is 0 Å². The molecule has 0 saturated carbocycles. The minimum atomic E-state index is -0.168. The first-order valence-corrected chi connectivity index (χ1v) is 10.4. The van der Waals surface area contributed by atoms with Gasteiger partial charge in [0.05, 0.1) is 19.0 Å². The van der Waals surface area contributed by atoms with E-state index in [4.69, 9.17) is 4.74 Å². The van der Waals surface area contributed by atoms with Crippen LogP contribution >= 0.6 is 0 Å². The maximum atomic E-state index is 13.2. The van der Waals surface area contributed by atoms with E-state index in [-0.39, 0.29) is 17.9 Å². The standard InChI is InChI=1S/C25H24N4O3/c1-32-20-11-9-19(10-12-20)17-29-22(28-24-21(25(29)31)8-5-15-26-24)13-14-23(30)27-16-18-6-3-2-4-7-18/h2-12,15H,13-14,16-17H2,1H3,(H,27,30). The second-order valence-electron chi connectivity index (χ2n) is 7.40. The van der Waals surface area contributed by atoms with Crippen LogP contribution in [-0.2, 0) is 24.3 Å². The first-order valence-electron chi connectivity index (χ1n) is 10.4.